The van der Waals surface area contributed by atoms with Gasteiger partial charge in [-0.1, -0.05) is 12.5 Å². The molecule has 7 nitrogen and oxygen atoms in total. The second kappa shape index (κ2) is 9.10. The maximum absolute atomic E-state index is 12.7. The molecule has 0 radical (unpaired) electrons. The summed E-state index contributed by atoms with van der Waals surface area (Å²) in [7, 11) is 0. The highest BCUT2D eigenvalue weighted by Gasteiger charge is 2.27. The number of carbonyl (C=O) groups is 1. The van der Waals surface area contributed by atoms with Crippen molar-refractivity contribution < 1.29 is 9.21 Å². The number of rotatable bonds is 5. The molecule has 0 bridgehead atoms. The first-order chi connectivity index (χ1) is 13.8. The molecule has 0 aliphatic carbocycles. The van der Waals surface area contributed by atoms with Crippen molar-refractivity contribution in [3.8, 4) is 0 Å². The molecule has 2 amide bonds. The first-order valence-corrected chi connectivity index (χ1v) is 10.3. The molecule has 2 aromatic heterocycles. The second-order valence-corrected chi connectivity index (χ2v) is 7.48. The van der Waals surface area contributed by atoms with Crippen molar-refractivity contribution >= 4 is 11.8 Å². The summed E-state index contributed by atoms with van der Waals surface area (Å²) in [6, 6.07) is 9.98. The Labute approximate surface area is 166 Å². The third kappa shape index (κ3) is 4.47. The van der Waals surface area contributed by atoms with Gasteiger partial charge in [0.1, 0.15) is 11.6 Å². The van der Waals surface area contributed by atoms with Crippen molar-refractivity contribution in [2.45, 2.75) is 25.3 Å². The molecule has 4 rings (SSSR count). The Hall–Kier alpha value is -2.54. The Balaban J connectivity index is 1.30. The lowest BCUT2D eigenvalue weighted by atomic mass is 10.1. The molecule has 7 heteroatoms. The summed E-state index contributed by atoms with van der Waals surface area (Å²) in [4.78, 5) is 23.7. The van der Waals surface area contributed by atoms with Crippen molar-refractivity contribution in [1.29, 1.82) is 0 Å². The predicted octanol–water partition coefficient (Wildman–Crippen LogP) is 2.73. The van der Waals surface area contributed by atoms with E-state index in [1.807, 2.05) is 41.4 Å². The highest BCUT2D eigenvalue weighted by molar-refractivity contribution is 5.74. The minimum absolute atomic E-state index is 0.00855. The summed E-state index contributed by atoms with van der Waals surface area (Å²) in [6.45, 7) is 5.71. The number of furan rings is 1. The van der Waals surface area contributed by atoms with Crippen LogP contribution in [0.3, 0.4) is 0 Å². The average molecular weight is 383 g/mol. The minimum atomic E-state index is 0.00855. The van der Waals surface area contributed by atoms with E-state index in [-0.39, 0.29) is 12.1 Å². The molecule has 1 unspecified atom stereocenters. The van der Waals surface area contributed by atoms with Gasteiger partial charge in [0.05, 0.1) is 12.3 Å². The van der Waals surface area contributed by atoms with Crippen LogP contribution in [0.4, 0.5) is 10.6 Å². The molecule has 2 aromatic rings. The standard InChI is InChI=1S/C21H29N5O2/c27-21(26-14-12-25(13-15-26)20-8-2-3-9-22-20)23-17-18(19-7-6-16-28-19)24-10-4-1-5-11-24/h2-3,6-9,16,18H,1,4-5,10-15,17H2,(H,23,27). The second-order valence-electron chi connectivity index (χ2n) is 7.48. The van der Waals surface area contributed by atoms with Gasteiger partial charge in [0.15, 0.2) is 0 Å². The summed E-state index contributed by atoms with van der Waals surface area (Å²) >= 11 is 0. The number of anilines is 1. The Morgan fingerprint density at radius 2 is 1.86 bits per heavy atom. The predicted molar refractivity (Wildman–Crippen MR) is 108 cm³/mol. The summed E-state index contributed by atoms with van der Waals surface area (Å²) in [5.41, 5.74) is 0. The third-order valence-electron chi connectivity index (χ3n) is 5.69. The number of aromatic nitrogens is 1. The fourth-order valence-electron chi connectivity index (χ4n) is 4.10. The van der Waals surface area contributed by atoms with E-state index in [4.69, 9.17) is 4.42 Å². The molecule has 28 heavy (non-hydrogen) atoms. The summed E-state index contributed by atoms with van der Waals surface area (Å²) in [5.74, 6) is 1.91. The van der Waals surface area contributed by atoms with Crippen molar-refractivity contribution in [1.82, 2.24) is 20.1 Å². The van der Waals surface area contributed by atoms with E-state index in [2.05, 4.69) is 20.1 Å². The number of nitrogens with zero attached hydrogens (tertiary/aromatic N) is 4. The highest BCUT2D eigenvalue weighted by atomic mass is 16.3. The summed E-state index contributed by atoms with van der Waals surface area (Å²) < 4.78 is 5.67. The topological polar surface area (TPSA) is 64.9 Å². The van der Waals surface area contributed by atoms with Crippen LogP contribution in [0.25, 0.3) is 0 Å². The van der Waals surface area contributed by atoms with Gasteiger partial charge in [0, 0.05) is 38.9 Å². The van der Waals surface area contributed by atoms with Crippen LogP contribution in [-0.2, 0) is 0 Å². The van der Waals surface area contributed by atoms with Gasteiger partial charge in [-0.05, 0) is 50.2 Å². The number of piperazine rings is 1. The fourth-order valence-corrected chi connectivity index (χ4v) is 4.10. The minimum Gasteiger partial charge on any atom is -0.468 e. The number of nitrogens with one attached hydrogen (secondary N) is 1. The molecule has 2 aliphatic rings. The van der Waals surface area contributed by atoms with Gasteiger partial charge in [0.25, 0.3) is 0 Å². The van der Waals surface area contributed by atoms with Crippen molar-refractivity contribution in [3.63, 3.8) is 0 Å². The normalized spacial score (nSPS) is 19.4. The van der Waals surface area contributed by atoms with E-state index < -0.39 is 0 Å². The molecule has 1 atom stereocenters. The van der Waals surface area contributed by atoms with Gasteiger partial charge in [0.2, 0.25) is 0 Å². The number of carbonyl (C=O) groups excluding carboxylic acids is 1. The van der Waals surface area contributed by atoms with E-state index in [9.17, 15) is 4.79 Å². The molecule has 0 saturated carbocycles. The Morgan fingerprint density at radius 3 is 2.54 bits per heavy atom. The average Bonchev–Trinajstić information content (AvgIpc) is 3.30. The van der Waals surface area contributed by atoms with Gasteiger partial charge < -0.3 is 19.5 Å². The van der Waals surface area contributed by atoms with Crippen LogP contribution in [-0.4, -0.2) is 66.6 Å². The van der Waals surface area contributed by atoms with Crippen molar-refractivity contribution in [2.24, 2.45) is 0 Å². The van der Waals surface area contributed by atoms with Crippen molar-refractivity contribution in [2.75, 3.05) is 50.7 Å². The Kier molecular flexibility index (Phi) is 6.11. The molecular weight excluding hydrogens is 354 g/mol. The van der Waals surface area contributed by atoms with Crippen LogP contribution in [0.5, 0.6) is 0 Å². The molecule has 0 spiro atoms. The largest absolute Gasteiger partial charge is 0.468 e. The maximum atomic E-state index is 12.7. The molecule has 0 aromatic carbocycles. The van der Waals surface area contributed by atoms with E-state index >= 15 is 0 Å². The lowest BCUT2D eigenvalue weighted by molar-refractivity contribution is 0.139. The zero-order chi connectivity index (χ0) is 19.2. The van der Waals surface area contributed by atoms with E-state index in [1.54, 1.807) is 6.26 Å². The van der Waals surface area contributed by atoms with Crippen LogP contribution >= 0.6 is 0 Å². The smallest absolute Gasteiger partial charge is 0.317 e. The van der Waals surface area contributed by atoms with Gasteiger partial charge in [-0.3, -0.25) is 4.90 Å². The molecule has 2 aliphatic heterocycles. The quantitative estimate of drug-likeness (QED) is 0.860. The number of pyridine rings is 1. The molecule has 2 fully saturated rings. The van der Waals surface area contributed by atoms with Crippen LogP contribution in [0, 0.1) is 0 Å². The first kappa shape index (κ1) is 18.8. The molecule has 2 saturated heterocycles. The van der Waals surface area contributed by atoms with Crippen LogP contribution < -0.4 is 10.2 Å². The van der Waals surface area contributed by atoms with Crippen LogP contribution in [0.1, 0.15) is 31.1 Å². The maximum Gasteiger partial charge on any atom is 0.317 e. The van der Waals surface area contributed by atoms with Gasteiger partial charge in [-0.2, -0.15) is 0 Å². The number of hydrogen-bond donors (Lipinski definition) is 1. The zero-order valence-corrected chi connectivity index (χ0v) is 16.3. The SMILES string of the molecule is O=C(NCC(c1ccco1)N1CCCCC1)N1CCN(c2ccccn2)CC1. The molecule has 150 valence electrons. The lowest BCUT2D eigenvalue weighted by Gasteiger charge is -2.36. The van der Waals surface area contributed by atoms with Gasteiger partial charge >= 0.3 is 6.03 Å². The summed E-state index contributed by atoms with van der Waals surface area (Å²) in [6.07, 6.45) is 7.23. The number of amides is 2. The number of likely N-dealkylation sites (tertiary alicyclic amines) is 1. The first-order valence-electron chi connectivity index (χ1n) is 10.3. The Bertz CT molecular complexity index is 723. The highest BCUT2D eigenvalue weighted by Crippen LogP contribution is 2.24. The molecule has 1 N–H and O–H groups in total. The van der Waals surface area contributed by atoms with E-state index in [1.165, 1.54) is 19.3 Å². The lowest BCUT2D eigenvalue weighted by Crippen LogP contribution is -2.53. The third-order valence-corrected chi connectivity index (χ3v) is 5.69. The van der Waals surface area contributed by atoms with Gasteiger partial charge in [-0.15, -0.1) is 0 Å². The summed E-state index contributed by atoms with van der Waals surface area (Å²) in [5, 5.41) is 3.14. The van der Waals surface area contributed by atoms with Crippen molar-refractivity contribution in [3.05, 3.63) is 48.6 Å². The zero-order valence-electron chi connectivity index (χ0n) is 16.3. The monoisotopic (exact) mass is 383 g/mol. The fraction of sp³-hybridized carbons (Fsp3) is 0.524. The number of hydrogen-bond acceptors (Lipinski definition) is 5. The van der Waals surface area contributed by atoms with Crippen LogP contribution in [0.2, 0.25) is 0 Å². The molecule has 4 heterocycles. The van der Waals surface area contributed by atoms with Crippen LogP contribution in [0.15, 0.2) is 47.2 Å². The Morgan fingerprint density at radius 1 is 1.04 bits per heavy atom. The van der Waals surface area contributed by atoms with E-state index in [0.717, 1.165) is 37.8 Å². The molecular formula is C21H29N5O2. The number of urea groups is 1. The van der Waals surface area contributed by atoms with Gasteiger partial charge in [-0.25, -0.2) is 9.78 Å². The van der Waals surface area contributed by atoms with E-state index in [0.29, 0.717) is 19.6 Å². The number of piperidine rings is 1.